The third-order valence-electron chi connectivity index (χ3n) is 2.60. The summed E-state index contributed by atoms with van der Waals surface area (Å²) in [5, 5.41) is 11.2. The van der Waals surface area contributed by atoms with Gasteiger partial charge in [0.25, 0.3) is 0 Å². The molecule has 1 aromatic heterocycles. The van der Waals surface area contributed by atoms with Crippen molar-refractivity contribution in [3.63, 3.8) is 0 Å². The van der Waals surface area contributed by atoms with E-state index in [1.54, 1.807) is 0 Å². The lowest BCUT2D eigenvalue weighted by molar-refractivity contribution is 1.04. The number of hydrogen-bond acceptors (Lipinski definition) is 4. The van der Waals surface area contributed by atoms with Gasteiger partial charge in [0.15, 0.2) is 0 Å². The molecule has 0 saturated heterocycles. The van der Waals surface area contributed by atoms with Gasteiger partial charge in [-0.1, -0.05) is 12.1 Å². The second-order valence-corrected chi connectivity index (χ2v) is 4.00. The van der Waals surface area contributed by atoms with Crippen LogP contribution in [0.2, 0.25) is 0 Å². The number of benzene rings is 1. The molecule has 0 aliphatic carbocycles. The molecule has 0 saturated carbocycles. The van der Waals surface area contributed by atoms with E-state index < -0.39 is 0 Å². The summed E-state index contributed by atoms with van der Waals surface area (Å²) in [7, 11) is 5.88. The van der Waals surface area contributed by atoms with Crippen molar-refractivity contribution in [3.05, 3.63) is 36.4 Å². The average molecular weight is 228 g/mol. The molecule has 0 atom stereocenters. The van der Waals surface area contributed by atoms with Gasteiger partial charge < -0.3 is 10.2 Å². The van der Waals surface area contributed by atoms with Crippen LogP contribution < -0.4 is 10.2 Å². The normalized spacial score (nSPS) is 10.1. The number of nitrogens with one attached hydrogen (secondary N) is 1. The van der Waals surface area contributed by atoms with Gasteiger partial charge in [0.2, 0.25) is 0 Å². The van der Waals surface area contributed by atoms with Gasteiger partial charge in [-0.05, 0) is 24.3 Å². The van der Waals surface area contributed by atoms with Gasteiger partial charge in [-0.15, -0.1) is 10.2 Å². The van der Waals surface area contributed by atoms with E-state index in [1.165, 1.54) is 5.69 Å². The van der Waals surface area contributed by atoms with Gasteiger partial charge in [-0.25, -0.2) is 0 Å². The van der Waals surface area contributed by atoms with E-state index in [0.717, 1.165) is 17.1 Å². The predicted molar refractivity (Wildman–Crippen MR) is 71.3 cm³/mol. The van der Waals surface area contributed by atoms with Gasteiger partial charge >= 0.3 is 0 Å². The maximum absolute atomic E-state index is 4.17. The molecule has 0 amide bonds. The number of aromatic nitrogens is 2. The Balaban J connectivity index is 2.26. The highest BCUT2D eigenvalue weighted by Gasteiger charge is 2.01. The van der Waals surface area contributed by atoms with Crippen LogP contribution in [0.5, 0.6) is 0 Å². The smallest absolute Gasteiger partial charge is 0.148 e. The van der Waals surface area contributed by atoms with E-state index >= 15 is 0 Å². The Labute approximate surface area is 101 Å². The van der Waals surface area contributed by atoms with Crippen LogP contribution in [0.4, 0.5) is 11.5 Å². The minimum Gasteiger partial charge on any atom is -0.378 e. The van der Waals surface area contributed by atoms with Crippen LogP contribution in [0.1, 0.15) is 0 Å². The minimum absolute atomic E-state index is 0.777. The molecule has 17 heavy (non-hydrogen) atoms. The topological polar surface area (TPSA) is 41.0 Å². The molecule has 1 N–H and O–H groups in total. The third-order valence-corrected chi connectivity index (χ3v) is 2.60. The maximum Gasteiger partial charge on any atom is 0.148 e. The zero-order chi connectivity index (χ0) is 12.3. The molecular formula is C13H16N4. The summed E-state index contributed by atoms with van der Waals surface area (Å²) in [4.78, 5) is 2.07. The van der Waals surface area contributed by atoms with E-state index in [2.05, 4.69) is 44.7 Å². The maximum atomic E-state index is 4.17. The molecule has 0 bridgehead atoms. The van der Waals surface area contributed by atoms with Crippen molar-refractivity contribution in [2.75, 3.05) is 31.4 Å². The summed E-state index contributed by atoms with van der Waals surface area (Å²) in [5.74, 6) is 0.777. The Morgan fingerprint density at radius 3 is 2.12 bits per heavy atom. The monoisotopic (exact) mass is 228 g/mol. The molecule has 2 rings (SSSR count). The van der Waals surface area contributed by atoms with E-state index in [1.807, 2.05) is 33.3 Å². The van der Waals surface area contributed by atoms with Crippen molar-refractivity contribution >= 4 is 11.5 Å². The summed E-state index contributed by atoms with van der Waals surface area (Å²) >= 11 is 0. The molecule has 1 aromatic carbocycles. The van der Waals surface area contributed by atoms with Crippen LogP contribution >= 0.6 is 0 Å². The van der Waals surface area contributed by atoms with Crippen molar-refractivity contribution in [2.45, 2.75) is 0 Å². The van der Waals surface area contributed by atoms with Crippen molar-refractivity contribution in [2.24, 2.45) is 0 Å². The second-order valence-electron chi connectivity index (χ2n) is 4.00. The van der Waals surface area contributed by atoms with Gasteiger partial charge in [0.1, 0.15) is 5.82 Å². The first-order valence-electron chi connectivity index (χ1n) is 5.50. The summed E-state index contributed by atoms with van der Waals surface area (Å²) in [6.07, 6.45) is 0. The number of nitrogens with zero attached hydrogens (tertiary/aromatic N) is 3. The fraction of sp³-hybridized carbons (Fsp3) is 0.231. The molecule has 0 aliphatic rings. The highest BCUT2D eigenvalue weighted by atomic mass is 15.2. The molecule has 4 heteroatoms. The first-order chi connectivity index (χ1) is 8.20. The fourth-order valence-corrected chi connectivity index (χ4v) is 1.55. The summed E-state index contributed by atoms with van der Waals surface area (Å²) < 4.78 is 0. The molecule has 4 nitrogen and oxygen atoms in total. The van der Waals surface area contributed by atoms with Gasteiger partial charge in [-0.2, -0.15) is 0 Å². The lowest BCUT2D eigenvalue weighted by Crippen LogP contribution is -2.07. The highest BCUT2D eigenvalue weighted by molar-refractivity contribution is 5.63. The van der Waals surface area contributed by atoms with Crippen LogP contribution in [-0.4, -0.2) is 31.3 Å². The van der Waals surface area contributed by atoms with Crippen LogP contribution in [0.3, 0.4) is 0 Å². The van der Waals surface area contributed by atoms with Crippen LogP contribution in [0.25, 0.3) is 11.3 Å². The largest absolute Gasteiger partial charge is 0.378 e. The molecule has 0 spiro atoms. The summed E-state index contributed by atoms with van der Waals surface area (Å²) in [6.45, 7) is 0. The molecule has 0 radical (unpaired) electrons. The van der Waals surface area contributed by atoms with E-state index in [9.17, 15) is 0 Å². The van der Waals surface area contributed by atoms with Gasteiger partial charge in [0, 0.05) is 32.4 Å². The first-order valence-corrected chi connectivity index (χ1v) is 5.50. The Morgan fingerprint density at radius 2 is 1.65 bits per heavy atom. The Morgan fingerprint density at radius 1 is 0.941 bits per heavy atom. The third kappa shape index (κ3) is 2.53. The van der Waals surface area contributed by atoms with Crippen LogP contribution in [0.15, 0.2) is 36.4 Å². The lowest BCUT2D eigenvalue weighted by atomic mass is 10.1. The van der Waals surface area contributed by atoms with Crippen molar-refractivity contribution in [3.8, 4) is 11.3 Å². The Kier molecular flexibility index (Phi) is 3.23. The average Bonchev–Trinajstić information content (AvgIpc) is 2.39. The summed E-state index contributed by atoms with van der Waals surface area (Å²) in [5.41, 5.74) is 3.13. The second kappa shape index (κ2) is 4.82. The molecule has 0 fully saturated rings. The Bertz CT molecular complexity index is 474. The standard InChI is InChI=1S/C13H16N4/c1-14-13-9-8-12(15-16-13)10-4-6-11(7-5-10)17(2)3/h4-9H,1-3H3,(H,14,16). The molecule has 2 aromatic rings. The van der Waals surface area contributed by atoms with Gasteiger partial charge in [0.05, 0.1) is 5.69 Å². The molecule has 88 valence electrons. The van der Waals surface area contributed by atoms with Crippen molar-refractivity contribution in [1.29, 1.82) is 0 Å². The first kappa shape index (κ1) is 11.4. The fourth-order valence-electron chi connectivity index (χ4n) is 1.55. The minimum atomic E-state index is 0.777. The van der Waals surface area contributed by atoms with Crippen molar-refractivity contribution in [1.82, 2.24) is 10.2 Å². The van der Waals surface area contributed by atoms with Crippen molar-refractivity contribution < 1.29 is 0 Å². The number of anilines is 2. The SMILES string of the molecule is CNc1ccc(-c2ccc(N(C)C)cc2)nn1. The van der Waals surface area contributed by atoms with Gasteiger partial charge in [-0.3, -0.25) is 0 Å². The lowest BCUT2D eigenvalue weighted by Gasteiger charge is -2.12. The Hall–Kier alpha value is -2.10. The van der Waals surface area contributed by atoms with Crippen LogP contribution in [0, 0.1) is 0 Å². The summed E-state index contributed by atoms with van der Waals surface area (Å²) in [6, 6.07) is 12.1. The molecule has 1 heterocycles. The zero-order valence-corrected chi connectivity index (χ0v) is 10.3. The molecule has 0 unspecified atom stereocenters. The molecule has 0 aliphatic heterocycles. The zero-order valence-electron chi connectivity index (χ0n) is 10.3. The quantitative estimate of drug-likeness (QED) is 0.874. The van der Waals surface area contributed by atoms with E-state index in [4.69, 9.17) is 0 Å². The van der Waals surface area contributed by atoms with E-state index in [0.29, 0.717) is 0 Å². The van der Waals surface area contributed by atoms with Crippen LogP contribution in [-0.2, 0) is 0 Å². The highest BCUT2D eigenvalue weighted by Crippen LogP contribution is 2.20. The molecular weight excluding hydrogens is 212 g/mol. The number of rotatable bonds is 3. The van der Waals surface area contributed by atoms with E-state index in [-0.39, 0.29) is 0 Å². The predicted octanol–water partition coefficient (Wildman–Crippen LogP) is 2.25. The number of hydrogen-bond donors (Lipinski definition) is 1.